The Morgan fingerprint density at radius 3 is 2.33 bits per heavy atom. The van der Waals surface area contributed by atoms with E-state index in [0.717, 1.165) is 25.7 Å². The first-order valence-electron chi connectivity index (χ1n) is 7.58. The maximum absolute atomic E-state index is 12.0. The van der Waals surface area contributed by atoms with Crippen molar-refractivity contribution in [3.05, 3.63) is 0 Å². The van der Waals surface area contributed by atoms with Gasteiger partial charge in [0.15, 0.2) is 0 Å². The normalized spacial score (nSPS) is 18.0. The summed E-state index contributed by atoms with van der Waals surface area (Å²) >= 11 is 0. The minimum Gasteiger partial charge on any atom is -0.481 e. The third kappa shape index (κ3) is 5.73. The number of carbonyl (C=O) groups is 3. The molecule has 6 heteroatoms. The highest BCUT2D eigenvalue weighted by Gasteiger charge is 2.25. The summed E-state index contributed by atoms with van der Waals surface area (Å²) in [7, 11) is 1.59. The number of rotatable bonds is 7. The largest absolute Gasteiger partial charge is 0.481 e. The van der Waals surface area contributed by atoms with Gasteiger partial charge in [0.25, 0.3) is 0 Å². The molecule has 2 atom stereocenters. The lowest BCUT2D eigenvalue weighted by Gasteiger charge is -2.22. The molecule has 1 rings (SSSR count). The number of amides is 2. The van der Waals surface area contributed by atoms with E-state index in [2.05, 4.69) is 5.32 Å². The van der Waals surface area contributed by atoms with Crippen molar-refractivity contribution in [2.75, 3.05) is 13.6 Å². The predicted molar refractivity (Wildman–Crippen MR) is 78.6 cm³/mol. The zero-order chi connectivity index (χ0) is 16.0. The third-order valence-corrected chi connectivity index (χ3v) is 3.99. The highest BCUT2D eigenvalue weighted by molar-refractivity contribution is 5.81. The van der Waals surface area contributed by atoms with Crippen molar-refractivity contribution in [3.63, 3.8) is 0 Å². The Kier molecular flexibility index (Phi) is 6.65. The smallest absolute Gasteiger partial charge is 0.308 e. The van der Waals surface area contributed by atoms with E-state index in [-0.39, 0.29) is 36.7 Å². The van der Waals surface area contributed by atoms with Crippen molar-refractivity contribution in [3.8, 4) is 0 Å². The molecule has 0 saturated heterocycles. The van der Waals surface area contributed by atoms with Crippen LogP contribution in [0.3, 0.4) is 0 Å². The highest BCUT2D eigenvalue weighted by atomic mass is 16.4. The van der Waals surface area contributed by atoms with E-state index >= 15 is 0 Å². The summed E-state index contributed by atoms with van der Waals surface area (Å²) < 4.78 is 0. The Morgan fingerprint density at radius 1 is 1.24 bits per heavy atom. The number of carbonyl (C=O) groups excluding carboxylic acids is 2. The molecule has 0 aliphatic heterocycles. The SMILES string of the molecule is CC(CC(=O)N(C)CC(C)C(=O)O)NC(=O)C1CCCC1. The standard InChI is InChI=1S/C15H26N2O4/c1-10(15(20)21)9-17(3)13(18)8-11(2)16-14(19)12-6-4-5-7-12/h10-12H,4-9H2,1-3H3,(H,16,19)(H,20,21). The van der Waals surface area contributed by atoms with Crippen LogP contribution in [-0.2, 0) is 14.4 Å². The lowest BCUT2D eigenvalue weighted by atomic mass is 10.1. The van der Waals surface area contributed by atoms with Gasteiger partial charge in [-0.1, -0.05) is 19.8 Å². The number of hydrogen-bond acceptors (Lipinski definition) is 3. The van der Waals surface area contributed by atoms with Gasteiger partial charge in [-0.3, -0.25) is 14.4 Å². The molecule has 2 amide bonds. The first-order valence-corrected chi connectivity index (χ1v) is 7.58. The second kappa shape index (κ2) is 8.00. The van der Waals surface area contributed by atoms with Crippen molar-refractivity contribution in [2.45, 2.75) is 52.0 Å². The molecule has 21 heavy (non-hydrogen) atoms. The zero-order valence-corrected chi connectivity index (χ0v) is 13.1. The monoisotopic (exact) mass is 298 g/mol. The van der Waals surface area contributed by atoms with E-state index in [1.807, 2.05) is 0 Å². The molecule has 1 fully saturated rings. The van der Waals surface area contributed by atoms with E-state index in [9.17, 15) is 14.4 Å². The first-order chi connectivity index (χ1) is 9.81. The molecule has 0 aromatic carbocycles. The van der Waals surface area contributed by atoms with E-state index in [1.165, 1.54) is 4.90 Å². The Hall–Kier alpha value is -1.59. The minimum atomic E-state index is -0.919. The van der Waals surface area contributed by atoms with Gasteiger partial charge >= 0.3 is 5.97 Å². The van der Waals surface area contributed by atoms with E-state index < -0.39 is 11.9 Å². The van der Waals surface area contributed by atoms with Gasteiger partial charge in [-0.25, -0.2) is 0 Å². The fourth-order valence-electron chi connectivity index (χ4n) is 2.61. The average molecular weight is 298 g/mol. The van der Waals surface area contributed by atoms with Gasteiger partial charge in [0.1, 0.15) is 0 Å². The van der Waals surface area contributed by atoms with Gasteiger partial charge in [0, 0.05) is 32.0 Å². The van der Waals surface area contributed by atoms with Crippen LogP contribution in [0, 0.1) is 11.8 Å². The predicted octanol–water partition coefficient (Wildman–Crippen LogP) is 1.25. The van der Waals surface area contributed by atoms with Gasteiger partial charge in [-0.05, 0) is 19.8 Å². The van der Waals surface area contributed by atoms with Crippen LogP contribution in [0.15, 0.2) is 0 Å². The van der Waals surface area contributed by atoms with Crippen LogP contribution in [0.5, 0.6) is 0 Å². The molecule has 0 radical (unpaired) electrons. The van der Waals surface area contributed by atoms with Gasteiger partial charge in [0.2, 0.25) is 11.8 Å². The molecular formula is C15H26N2O4. The summed E-state index contributed by atoms with van der Waals surface area (Å²) in [6, 6.07) is -0.229. The van der Waals surface area contributed by atoms with Crippen LogP contribution in [0.4, 0.5) is 0 Å². The Balaban J connectivity index is 2.35. The summed E-state index contributed by atoms with van der Waals surface area (Å²) in [5.74, 6) is -1.54. The molecule has 0 aromatic heterocycles. The molecule has 2 N–H and O–H groups in total. The quantitative estimate of drug-likeness (QED) is 0.740. The summed E-state index contributed by atoms with van der Waals surface area (Å²) in [4.78, 5) is 36.1. The third-order valence-electron chi connectivity index (χ3n) is 3.99. The van der Waals surface area contributed by atoms with E-state index in [4.69, 9.17) is 5.11 Å². The van der Waals surface area contributed by atoms with E-state index in [0.29, 0.717) is 0 Å². The van der Waals surface area contributed by atoms with Crippen molar-refractivity contribution >= 4 is 17.8 Å². The highest BCUT2D eigenvalue weighted by Crippen LogP contribution is 2.24. The van der Waals surface area contributed by atoms with Crippen LogP contribution in [0.1, 0.15) is 46.0 Å². The summed E-state index contributed by atoms with van der Waals surface area (Å²) in [6.45, 7) is 3.55. The van der Waals surface area contributed by atoms with Crippen molar-refractivity contribution in [1.82, 2.24) is 10.2 Å². The van der Waals surface area contributed by atoms with Gasteiger partial charge in [0.05, 0.1) is 5.92 Å². The number of nitrogens with zero attached hydrogens (tertiary/aromatic N) is 1. The summed E-state index contributed by atoms with van der Waals surface area (Å²) in [5.41, 5.74) is 0. The number of nitrogens with one attached hydrogen (secondary N) is 1. The molecule has 120 valence electrons. The molecule has 2 unspecified atom stereocenters. The molecule has 0 bridgehead atoms. The Bertz CT molecular complexity index is 391. The van der Waals surface area contributed by atoms with Gasteiger partial charge in [-0.15, -0.1) is 0 Å². The van der Waals surface area contributed by atoms with Crippen molar-refractivity contribution in [1.29, 1.82) is 0 Å². The van der Waals surface area contributed by atoms with Crippen molar-refractivity contribution in [2.24, 2.45) is 11.8 Å². The van der Waals surface area contributed by atoms with Gasteiger partial charge in [-0.2, -0.15) is 0 Å². The first kappa shape index (κ1) is 17.5. The summed E-state index contributed by atoms with van der Waals surface area (Å²) in [5, 5.41) is 11.7. The lowest BCUT2D eigenvalue weighted by molar-refractivity contribution is -0.142. The van der Waals surface area contributed by atoms with Crippen LogP contribution in [-0.4, -0.2) is 47.4 Å². The van der Waals surface area contributed by atoms with Crippen LogP contribution < -0.4 is 5.32 Å². The Labute approximate surface area is 125 Å². The second-order valence-corrected chi connectivity index (χ2v) is 6.11. The molecule has 6 nitrogen and oxygen atoms in total. The zero-order valence-electron chi connectivity index (χ0n) is 13.1. The number of carboxylic acid groups (broad SMARTS) is 1. The molecule has 0 spiro atoms. The second-order valence-electron chi connectivity index (χ2n) is 6.11. The fourth-order valence-corrected chi connectivity index (χ4v) is 2.61. The van der Waals surface area contributed by atoms with Crippen LogP contribution >= 0.6 is 0 Å². The maximum atomic E-state index is 12.0. The van der Waals surface area contributed by atoms with Gasteiger partial charge < -0.3 is 15.3 Å². The molecule has 0 aromatic rings. The molecular weight excluding hydrogens is 272 g/mol. The average Bonchev–Trinajstić information content (AvgIpc) is 2.91. The van der Waals surface area contributed by atoms with Crippen molar-refractivity contribution < 1.29 is 19.5 Å². The van der Waals surface area contributed by atoms with E-state index in [1.54, 1.807) is 20.9 Å². The summed E-state index contributed by atoms with van der Waals surface area (Å²) in [6.07, 6.45) is 4.26. The van der Waals surface area contributed by atoms with Crippen LogP contribution in [0.2, 0.25) is 0 Å². The minimum absolute atomic E-state index is 0.0364. The molecule has 1 saturated carbocycles. The maximum Gasteiger partial charge on any atom is 0.308 e. The molecule has 0 heterocycles. The lowest BCUT2D eigenvalue weighted by Crippen LogP contribution is -2.41. The topological polar surface area (TPSA) is 86.7 Å². The molecule has 1 aliphatic rings. The molecule has 1 aliphatic carbocycles. The van der Waals surface area contributed by atoms with Crippen LogP contribution in [0.25, 0.3) is 0 Å². The number of aliphatic carboxylic acids is 1. The fraction of sp³-hybridized carbons (Fsp3) is 0.800. The number of hydrogen-bond donors (Lipinski definition) is 2. The Morgan fingerprint density at radius 2 is 1.81 bits per heavy atom. The number of carboxylic acids is 1.